The van der Waals surface area contributed by atoms with Crippen molar-refractivity contribution >= 4 is 27.6 Å². The van der Waals surface area contributed by atoms with Crippen LogP contribution in [-0.4, -0.2) is 45.7 Å². The Kier molecular flexibility index (Phi) is 6.09. The summed E-state index contributed by atoms with van der Waals surface area (Å²) in [6.45, 7) is 3.26. The number of sulfonamides is 1. The van der Waals surface area contributed by atoms with Crippen molar-refractivity contribution in [3.63, 3.8) is 0 Å². The number of benzene rings is 1. The van der Waals surface area contributed by atoms with Crippen molar-refractivity contribution in [3.05, 3.63) is 12.1 Å². The molecule has 3 N–H and O–H groups in total. The number of aliphatic carboxylic acids is 1. The minimum Gasteiger partial charge on any atom is -0.495 e. The van der Waals surface area contributed by atoms with Crippen LogP contribution < -0.4 is 19.5 Å². The zero-order valence-electron chi connectivity index (χ0n) is 14.7. The summed E-state index contributed by atoms with van der Waals surface area (Å²) in [5.74, 6) is -1.95. The summed E-state index contributed by atoms with van der Waals surface area (Å²) in [7, 11) is -2.75. The first-order chi connectivity index (χ1) is 12.1. The highest BCUT2D eigenvalue weighted by Crippen LogP contribution is 2.37. The van der Waals surface area contributed by atoms with Crippen molar-refractivity contribution in [3.8, 4) is 11.5 Å². The van der Waals surface area contributed by atoms with Gasteiger partial charge >= 0.3 is 5.97 Å². The number of ether oxygens (including phenoxy) is 2. The topological polar surface area (TPSA) is 131 Å². The number of carbonyl (C=O) groups is 2. The number of hydrogen-bond acceptors (Lipinski definition) is 6. The van der Waals surface area contributed by atoms with E-state index in [2.05, 4.69) is 10.0 Å². The molecule has 0 radical (unpaired) electrons. The fourth-order valence-electron chi connectivity index (χ4n) is 2.59. The van der Waals surface area contributed by atoms with E-state index in [1.807, 2.05) is 13.8 Å². The Hall–Kier alpha value is -2.33. The minimum atomic E-state index is -4.05. The number of nitrogens with one attached hydrogen (secondary N) is 2. The van der Waals surface area contributed by atoms with Crippen molar-refractivity contribution < 1.29 is 32.6 Å². The van der Waals surface area contributed by atoms with Gasteiger partial charge in [-0.05, 0) is 12.3 Å². The van der Waals surface area contributed by atoms with Gasteiger partial charge in [0.25, 0.3) is 5.91 Å². The minimum absolute atomic E-state index is 0.0118. The first-order valence-electron chi connectivity index (χ1n) is 8.01. The molecular weight excluding hydrogens is 364 g/mol. The molecule has 0 saturated heterocycles. The van der Waals surface area contributed by atoms with Gasteiger partial charge in [-0.15, -0.1) is 0 Å². The van der Waals surface area contributed by atoms with E-state index in [0.29, 0.717) is 12.1 Å². The molecule has 0 bridgehead atoms. The van der Waals surface area contributed by atoms with Gasteiger partial charge in [-0.1, -0.05) is 13.8 Å². The third kappa shape index (κ3) is 4.64. The largest absolute Gasteiger partial charge is 0.495 e. The highest BCUT2D eigenvalue weighted by atomic mass is 32.2. The molecule has 26 heavy (non-hydrogen) atoms. The van der Waals surface area contributed by atoms with Crippen LogP contribution in [0.1, 0.15) is 20.3 Å². The molecule has 1 heterocycles. The lowest BCUT2D eigenvalue weighted by atomic mass is 9.98. The maximum absolute atomic E-state index is 12.6. The Morgan fingerprint density at radius 2 is 2.12 bits per heavy atom. The number of carboxylic acids is 1. The quantitative estimate of drug-likeness (QED) is 0.608. The van der Waals surface area contributed by atoms with E-state index in [1.165, 1.54) is 19.2 Å². The molecule has 10 heteroatoms. The van der Waals surface area contributed by atoms with Crippen molar-refractivity contribution in [2.45, 2.75) is 25.2 Å². The summed E-state index contributed by atoms with van der Waals surface area (Å²) in [6, 6.07) is 2.60. The monoisotopic (exact) mass is 386 g/mol. The summed E-state index contributed by atoms with van der Waals surface area (Å²) in [5.41, 5.74) is 0.306. The summed E-state index contributed by atoms with van der Waals surface area (Å²) in [5, 5.41) is 11.8. The van der Waals surface area contributed by atoms with Crippen LogP contribution in [0.2, 0.25) is 0 Å². The molecule has 1 atom stereocenters. The molecule has 1 aromatic rings. The van der Waals surface area contributed by atoms with E-state index in [4.69, 9.17) is 9.47 Å². The van der Waals surface area contributed by atoms with Crippen molar-refractivity contribution in [1.82, 2.24) is 4.72 Å². The first-order valence-corrected chi connectivity index (χ1v) is 9.49. The molecule has 1 aromatic carbocycles. The molecule has 1 amide bonds. The van der Waals surface area contributed by atoms with E-state index in [0.717, 1.165) is 0 Å². The fourth-order valence-corrected chi connectivity index (χ4v) is 3.83. The van der Waals surface area contributed by atoms with Crippen molar-refractivity contribution in [2.24, 2.45) is 11.8 Å². The lowest BCUT2D eigenvalue weighted by Gasteiger charge is -2.21. The first kappa shape index (κ1) is 20.0. The van der Waals surface area contributed by atoms with Gasteiger partial charge in [-0.3, -0.25) is 9.59 Å². The molecule has 0 aliphatic carbocycles. The second-order valence-corrected chi connectivity index (χ2v) is 8.09. The van der Waals surface area contributed by atoms with Crippen LogP contribution >= 0.6 is 0 Å². The Labute approximate surface area is 151 Å². The van der Waals surface area contributed by atoms with E-state index in [1.54, 1.807) is 0 Å². The normalized spacial score (nSPS) is 15.0. The summed E-state index contributed by atoms with van der Waals surface area (Å²) >= 11 is 0. The van der Waals surface area contributed by atoms with Crippen LogP contribution in [0.3, 0.4) is 0 Å². The van der Waals surface area contributed by atoms with Crippen LogP contribution in [0.25, 0.3) is 0 Å². The number of hydrogen-bond donors (Lipinski definition) is 3. The van der Waals surface area contributed by atoms with Crippen LogP contribution in [0.4, 0.5) is 5.69 Å². The molecule has 0 spiro atoms. The zero-order chi connectivity index (χ0) is 19.5. The number of methoxy groups -OCH3 is 1. The highest BCUT2D eigenvalue weighted by Gasteiger charge is 2.28. The lowest BCUT2D eigenvalue weighted by molar-refractivity contribution is -0.142. The summed E-state index contributed by atoms with van der Waals surface area (Å²) in [4.78, 5) is 22.5. The third-order valence-electron chi connectivity index (χ3n) is 3.81. The molecule has 0 saturated carbocycles. The van der Waals surface area contributed by atoms with Crippen molar-refractivity contribution in [1.29, 1.82) is 0 Å². The molecule has 0 aromatic heterocycles. The fraction of sp³-hybridized carbons (Fsp3) is 0.500. The van der Waals surface area contributed by atoms with Gasteiger partial charge in [0.1, 0.15) is 16.4 Å². The SMILES string of the molecule is COc1cc2c(cc1S(=O)(=O)NCC(CC(C)C)C(=O)O)OCC(=O)N2. The van der Waals surface area contributed by atoms with Crippen LogP contribution in [0.5, 0.6) is 11.5 Å². The smallest absolute Gasteiger partial charge is 0.307 e. The molecule has 2 rings (SSSR count). The van der Waals surface area contributed by atoms with Crippen LogP contribution in [0, 0.1) is 11.8 Å². The van der Waals surface area contributed by atoms with E-state index in [9.17, 15) is 23.1 Å². The predicted molar refractivity (Wildman–Crippen MR) is 92.9 cm³/mol. The van der Waals surface area contributed by atoms with E-state index in [-0.39, 0.29) is 41.4 Å². The molecule has 9 nitrogen and oxygen atoms in total. The van der Waals surface area contributed by atoms with Gasteiger partial charge in [-0.25, -0.2) is 13.1 Å². The number of carbonyl (C=O) groups excluding carboxylic acids is 1. The molecule has 1 aliphatic heterocycles. The molecule has 1 aliphatic rings. The van der Waals surface area contributed by atoms with Crippen LogP contribution in [0.15, 0.2) is 17.0 Å². The number of amides is 1. The highest BCUT2D eigenvalue weighted by molar-refractivity contribution is 7.89. The second-order valence-electron chi connectivity index (χ2n) is 6.35. The zero-order valence-corrected chi connectivity index (χ0v) is 15.6. The summed E-state index contributed by atoms with van der Waals surface area (Å²) < 4.78 is 38.0. The average molecular weight is 386 g/mol. The number of carboxylic acid groups (broad SMARTS) is 1. The second kappa shape index (κ2) is 7.92. The van der Waals surface area contributed by atoms with Gasteiger partial charge in [0, 0.05) is 18.7 Å². The Balaban J connectivity index is 2.27. The molecular formula is C16H22N2O7S. The Bertz CT molecular complexity index is 805. The van der Waals surface area contributed by atoms with Crippen molar-refractivity contribution in [2.75, 3.05) is 25.6 Å². The maximum atomic E-state index is 12.6. The van der Waals surface area contributed by atoms with Gasteiger partial charge in [0.15, 0.2) is 6.61 Å². The molecule has 0 fully saturated rings. The standard InChI is InChI=1S/C16H22N2O7S/c1-9(2)4-10(16(20)21)7-17-26(22,23)14-6-12-11(5-13(14)24-3)18-15(19)8-25-12/h5-6,9-10,17H,4,7-8H2,1-3H3,(H,18,19)(H,20,21). The Morgan fingerprint density at radius 3 is 2.69 bits per heavy atom. The maximum Gasteiger partial charge on any atom is 0.307 e. The lowest BCUT2D eigenvalue weighted by Crippen LogP contribution is -2.34. The third-order valence-corrected chi connectivity index (χ3v) is 5.26. The van der Waals surface area contributed by atoms with E-state index < -0.39 is 21.9 Å². The number of anilines is 1. The Morgan fingerprint density at radius 1 is 1.42 bits per heavy atom. The van der Waals surface area contributed by atoms with Gasteiger partial charge in [0.05, 0.1) is 18.7 Å². The molecule has 1 unspecified atom stereocenters. The summed E-state index contributed by atoms with van der Waals surface area (Å²) in [6.07, 6.45) is 0.342. The van der Waals surface area contributed by atoms with E-state index >= 15 is 0 Å². The number of fused-ring (bicyclic) bond motifs is 1. The molecule has 144 valence electrons. The predicted octanol–water partition coefficient (Wildman–Crippen LogP) is 1.05. The van der Waals surface area contributed by atoms with Crippen LogP contribution in [-0.2, 0) is 19.6 Å². The van der Waals surface area contributed by atoms with Gasteiger partial charge in [-0.2, -0.15) is 0 Å². The number of rotatable bonds is 8. The van der Waals surface area contributed by atoms with Gasteiger partial charge in [0.2, 0.25) is 10.0 Å². The average Bonchev–Trinajstić information content (AvgIpc) is 2.56. The van der Waals surface area contributed by atoms with Gasteiger partial charge < -0.3 is 19.9 Å².